The van der Waals surface area contributed by atoms with Gasteiger partial charge in [0.25, 0.3) is 0 Å². The number of pyridine rings is 1. The molecular weight excluding hydrogens is 703 g/mol. The molecule has 0 atom stereocenters. The quantitative estimate of drug-likeness (QED) is 0.160. The van der Waals surface area contributed by atoms with Gasteiger partial charge in [0.1, 0.15) is 5.65 Å². The Kier molecular flexibility index (Phi) is 8.15. The molecule has 0 bridgehead atoms. The van der Waals surface area contributed by atoms with E-state index < -0.39 is 0 Å². The zero-order valence-corrected chi connectivity index (χ0v) is 31.7. The summed E-state index contributed by atoms with van der Waals surface area (Å²) in [6.45, 7) is 0. The van der Waals surface area contributed by atoms with Crippen LogP contribution in [0, 0.1) is 0 Å². The molecular formula is C55H37N3. The number of hydrogen-bond acceptors (Lipinski definition) is 1. The molecule has 3 nitrogen and oxygen atoms in total. The molecule has 3 aromatic heterocycles. The average Bonchev–Trinajstić information content (AvgIpc) is 3.86. The average molecular weight is 740 g/mol. The summed E-state index contributed by atoms with van der Waals surface area (Å²) in [5.41, 5.74) is 18.3. The molecule has 3 heteroatoms. The molecule has 0 fully saturated rings. The second kappa shape index (κ2) is 14.1. The lowest BCUT2D eigenvalue weighted by molar-refractivity contribution is 1.17. The van der Waals surface area contributed by atoms with E-state index in [1.54, 1.807) is 0 Å². The van der Waals surface area contributed by atoms with Crippen molar-refractivity contribution in [3.63, 3.8) is 0 Å². The van der Waals surface area contributed by atoms with E-state index in [1.807, 2.05) is 6.07 Å². The highest BCUT2D eigenvalue weighted by Gasteiger charge is 2.18. The van der Waals surface area contributed by atoms with Crippen LogP contribution in [0.15, 0.2) is 225 Å². The summed E-state index contributed by atoms with van der Waals surface area (Å²) >= 11 is 0. The van der Waals surface area contributed by atoms with E-state index in [9.17, 15) is 0 Å². The molecule has 11 aromatic rings. The molecule has 3 heterocycles. The summed E-state index contributed by atoms with van der Waals surface area (Å²) in [4.78, 5) is 5.08. The minimum Gasteiger partial charge on any atom is -0.309 e. The zero-order chi connectivity index (χ0) is 38.4. The lowest BCUT2D eigenvalue weighted by Gasteiger charge is -2.11. The van der Waals surface area contributed by atoms with Gasteiger partial charge in [0.05, 0.1) is 22.4 Å². The molecule has 272 valence electrons. The first-order valence-corrected chi connectivity index (χ1v) is 19.8. The minimum absolute atomic E-state index is 0.929. The number of aromatic nitrogens is 3. The second-order valence-electron chi connectivity index (χ2n) is 14.8. The summed E-state index contributed by atoms with van der Waals surface area (Å²) in [5, 5.41) is 2.44. The molecule has 0 aliphatic carbocycles. The molecule has 11 rings (SSSR count). The van der Waals surface area contributed by atoms with E-state index >= 15 is 0 Å². The van der Waals surface area contributed by atoms with Gasteiger partial charge in [0.2, 0.25) is 0 Å². The van der Waals surface area contributed by atoms with Gasteiger partial charge >= 0.3 is 0 Å². The fourth-order valence-electron chi connectivity index (χ4n) is 8.52. The molecule has 0 unspecified atom stereocenters. The third-order valence-corrected chi connectivity index (χ3v) is 11.3. The Labute approximate surface area is 337 Å². The van der Waals surface area contributed by atoms with E-state index in [4.69, 9.17) is 4.98 Å². The summed E-state index contributed by atoms with van der Waals surface area (Å²) in [6, 6.07) is 78.5. The number of fused-ring (bicyclic) bond motifs is 4. The maximum Gasteiger partial charge on any atom is 0.137 e. The van der Waals surface area contributed by atoms with Crippen molar-refractivity contribution in [2.45, 2.75) is 0 Å². The Morgan fingerprint density at radius 2 is 0.741 bits per heavy atom. The molecule has 0 saturated carbocycles. The van der Waals surface area contributed by atoms with E-state index in [1.165, 1.54) is 66.3 Å². The molecule has 0 aliphatic rings. The maximum absolute atomic E-state index is 5.08. The standard InChI is InChI=1S/C55H37N3/c1-4-14-38(15-5-1)42-20-12-22-44(34-42)46-27-31-51-49(36-46)50-37-47(45-23-13-21-43(35-45)39-16-6-2-7-17-39)28-32-52(50)58(51)48-29-25-41(26-30-48)55-54(40-18-8-3-9-19-40)56-53-24-10-11-33-57(53)55/h1-37H. The molecule has 0 spiro atoms. The van der Waals surface area contributed by atoms with Crippen LogP contribution in [0.2, 0.25) is 0 Å². The lowest BCUT2D eigenvalue weighted by Crippen LogP contribution is -1.95. The van der Waals surface area contributed by atoms with Gasteiger partial charge in [-0.25, -0.2) is 4.98 Å². The topological polar surface area (TPSA) is 22.2 Å². The van der Waals surface area contributed by atoms with Crippen LogP contribution in [-0.4, -0.2) is 14.0 Å². The van der Waals surface area contributed by atoms with Crippen molar-refractivity contribution in [2.24, 2.45) is 0 Å². The lowest BCUT2D eigenvalue weighted by atomic mass is 9.96. The molecule has 0 N–H and O–H groups in total. The Bertz CT molecular complexity index is 3110. The molecule has 0 aliphatic heterocycles. The van der Waals surface area contributed by atoms with Gasteiger partial charge in [0.15, 0.2) is 0 Å². The van der Waals surface area contributed by atoms with Gasteiger partial charge in [-0.3, -0.25) is 4.40 Å². The van der Waals surface area contributed by atoms with Gasteiger partial charge in [-0.15, -0.1) is 0 Å². The molecule has 0 radical (unpaired) electrons. The Hall–Kier alpha value is -7.75. The zero-order valence-electron chi connectivity index (χ0n) is 31.7. The highest BCUT2D eigenvalue weighted by Crippen LogP contribution is 2.40. The van der Waals surface area contributed by atoms with Gasteiger partial charge in [-0.2, -0.15) is 0 Å². The second-order valence-corrected chi connectivity index (χ2v) is 14.8. The summed E-state index contributed by atoms with van der Waals surface area (Å²) in [5.74, 6) is 0. The number of rotatable bonds is 7. The summed E-state index contributed by atoms with van der Waals surface area (Å²) < 4.78 is 4.61. The molecule has 0 amide bonds. The van der Waals surface area contributed by atoms with Crippen LogP contribution in [0.5, 0.6) is 0 Å². The number of nitrogens with zero attached hydrogens (tertiary/aromatic N) is 3. The van der Waals surface area contributed by atoms with E-state index in [2.05, 4.69) is 227 Å². The van der Waals surface area contributed by atoms with Crippen molar-refractivity contribution in [3.8, 4) is 72.7 Å². The van der Waals surface area contributed by atoms with Gasteiger partial charge < -0.3 is 4.57 Å². The highest BCUT2D eigenvalue weighted by molar-refractivity contribution is 6.11. The SMILES string of the molecule is c1ccc(-c2cccc(-c3ccc4c(c3)c3cc(-c5cccc(-c6ccccc6)c5)ccc3n4-c3ccc(-c4c(-c5ccccc5)nc5ccccn45)cc3)c2)cc1. The van der Waals surface area contributed by atoms with Gasteiger partial charge in [0, 0.05) is 33.8 Å². The van der Waals surface area contributed by atoms with Gasteiger partial charge in [-0.1, -0.05) is 158 Å². The van der Waals surface area contributed by atoms with Crippen molar-refractivity contribution in [1.29, 1.82) is 0 Å². The normalized spacial score (nSPS) is 11.4. The Morgan fingerprint density at radius 3 is 1.28 bits per heavy atom. The van der Waals surface area contributed by atoms with Crippen molar-refractivity contribution in [1.82, 2.24) is 14.0 Å². The maximum atomic E-state index is 5.08. The first-order valence-electron chi connectivity index (χ1n) is 19.8. The smallest absolute Gasteiger partial charge is 0.137 e. The van der Waals surface area contributed by atoms with E-state index in [0.29, 0.717) is 0 Å². The van der Waals surface area contributed by atoms with Gasteiger partial charge in [-0.05, 0) is 105 Å². The fraction of sp³-hybridized carbons (Fsp3) is 0. The van der Waals surface area contributed by atoms with Crippen molar-refractivity contribution in [3.05, 3.63) is 225 Å². The largest absolute Gasteiger partial charge is 0.309 e. The van der Waals surface area contributed by atoms with E-state index in [0.717, 1.165) is 33.8 Å². The van der Waals surface area contributed by atoms with Crippen LogP contribution >= 0.6 is 0 Å². The number of benzene rings is 8. The van der Waals surface area contributed by atoms with Crippen molar-refractivity contribution >= 4 is 27.5 Å². The number of imidazole rings is 1. The highest BCUT2D eigenvalue weighted by atomic mass is 15.0. The van der Waals surface area contributed by atoms with Crippen LogP contribution in [0.1, 0.15) is 0 Å². The molecule has 8 aromatic carbocycles. The summed E-state index contributed by atoms with van der Waals surface area (Å²) in [6.07, 6.45) is 2.10. The predicted octanol–water partition coefficient (Wildman–Crippen LogP) is 14.4. The monoisotopic (exact) mass is 739 g/mol. The van der Waals surface area contributed by atoms with Crippen LogP contribution < -0.4 is 0 Å². The van der Waals surface area contributed by atoms with Crippen molar-refractivity contribution < 1.29 is 0 Å². The molecule has 0 saturated heterocycles. The summed E-state index contributed by atoms with van der Waals surface area (Å²) in [7, 11) is 0. The van der Waals surface area contributed by atoms with Crippen molar-refractivity contribution in [2.75, 3.05) is 0 Å². The predicted molar refractivity (Wildman–Crippen MR) is 242 cm³/mol. The van der Waals surface area contributed by atoms with Crippen LogP contribution in [0.3, 0.4) is 0 Å². The molecule has 58 heavy (non-hydrogen) atoms. The Morgan fingerprint density at radius 1 is 0.310 bits per heavy atom. The van der Waals surface area contributed by atoms with E-state index in [-0.39, 0.29) is 0 Å². The Balaban J connectivity index is 1.07. The first kappa shape index (κ1) is 33.6. The third-order valence-electron chi connectivity index (χ3n) is 11.3. The van der Waals surface area contributed by atoms with Crippen LogP contribution in [-0.2, 0) is 0 Å². The fourth-order valence-corrected chi connectivity index (χ4v) is 8.52. The van der Waals surface area contributed by atoms with Crippen LogP contribution in [0.4, 0.5) is 0 Å². The minimum atomic E-state index is 0.929. The number of hydrogen-bond donors (Lipinski definition) is 0. The van der Waals surface area contributed by atoms with Crippen LogP contribution in [0.25, 0.3) is 100 Å². The third kappa shape index (κ3) is 5.89. The first-order chi connectivity index (χ1) is 28.7.